The zero-order valence-electron chi connectivity index (χ0n) is 22.6. The number of pyridine rings is 2. The van der Waals surface area contributed by atoms with Crippen LogP contribution in [-0.4, -0.2) is 46.9 Å². The highest BCUT2D eigenvalue weighted by molar-refractivity contribution is 5.79. The number of phenols is 2. The fourth-order valence-electron chi connectivity index (χ4n) is 4.57. The van der Waals surface area contributed by atoms with Crippen LogP contribution in [-0.2, 0) is 17.8 Å². The number of hydrogen-bond acceptors (Lipinski definition) is 8. The third-order valence-electron chi connectivity index (χ3n) is 6.64. The molecular formula is C30H24F3N5O5. The van der Waals surface area contributed by atoms with Crippen LogP contribution in [0.15, 0.2) is 90.1 Å². The van der Waals surface area contributed by atoms with Gasteiger partial charge in [0.1, 0.15) is 11.6 Å². The van der Waals surface area contributed by atoms with E-state index >= 15 is 0 Å². The number of ether oxygens (including phenoxy) is 1. The molecule has 5 aromatic rings. The number of halogens is 3. The van der Waals surface area contributed by atoms with Gasteiger partial charge in [-0.05, 0) is 60.5 Å². The van der Waals surface area contributed by atoms with Crippen molar-refractivity contribution in [3.05, 3.63) is 113 Å². The second-order valence-corrected chi connectivity index (χ2v) is 9.59. The van der Waals surface area contributed by atoms with E-state index in [1.165, 1.54) is 46.0 Å². The van der Waals surface area contributed by atoms with E-state index in [1.54, 1.807) is 43.6 Å². The average molecular weight is 592 g/mol. The van der Waals surface area contributed by atoms with Crippen molar-refractivity contribution in [1.29, 1.82) is 0 Å². The Labute approximate surface area is 242 Å². The average Bonchev–Trinajstić information content (AvgIpc) is 2.98. The first-order valence-electron chi connectivity index (χ1n) is 12.9. The van der Waals surface area contributed by atoms with E-state index in [2.05, 4.69) is 19.7 Å². The number of hydrogen-bond donors (Lipinski definition) is 2. The summed E-state index contributed by atoms with van der Waals surface area (Å²) in [7, 11) is 0. The molecule has 10 nitrogen and oxygen atoms in total. The molecule has 0 fully saturated rings. The zero-order chi connectivity index (χ0) is 30.7. The van der Waals surface area contributed by atoms with E-state index in [0.717, 1.165) is 12.1 Å². The van der Waals surface area contributed by atoms with Gasteiger partial charge < -0.3 is 19.8 Å². The van der Waals surface area contributed by atoms with E-state index in [9.17, 15) is 33.0 Å². The summed E-state index contributed by atoms with van der Waals surface area (Å²) < 4.78 is 42.9. The number of carbonyl (C=O) groups excluding carboxylic acids is 1. The molecule has 3 heterocycles. The lowest BCUT2D eigenvalue weighted by atomic mass is 10.1. The van der Waals surface area contributed by atoms with Gasteiger partial charge in [-0.25, -0.2) is 9.97 Å². The highest BCUT2D eigenvalue weighted by Gasteiger charge is 2.31. The normalized spacial score (nSPS) is 12.2. The number of aromatic nitrogens is 4. The predicted molar refractivity (Wildman–Crippen MR) is 148 cm³/mol. The second kappa shape index (κ2) is 11.8. The Bertz CT molecular complexity index is 1830. The maximum absolute atomic E-state index is 13.8. The Balaban J connectivity index is 1.58. The lowest BCUT2D eigenvalue weighted by Crippen LogP contribution is -2.38. The van der Waals surface area contributed by atoms with E-state index in [1.807, 2.05) is 0 Å². The topological polar surface area (TPSA) is 131 Å². The van der Waals surface area contributed by atoms with E-state index in [-0.39, 0.29) is 41.3 Å². The molecule has 13 heteroatoms. The van der Waals surface area contributed by atoms with Crippen LogP contribution in [0.5, 0.6) is 17.2 Å². The summed E-state index contributed by atoms with van der Waals surface area (Å²) in [5, 5.41) is 20.2. The molecule has 1 amide bonds. The molecule has 2 aromatic carbocycles. The van der Waals surface area contributed by atoms with Crippen molar-refractivity contribution < 1.29 is 32.9 Å². The third kappa shape index (κ3) is 6.56. The number of amides is 1. The van der Waals surface area contributed by atoms with Crippen molar-refractivity contribution in [2.75, 3.05) is 0 Å². The predicted octanol–water partition coefficient (Wildman–Crippen LogP) is 4.82. The Morgan fingerprint density at radius 3 is 2.42 bits per heavy atom. The quantitative estimate of drug-likeness (QED) is 0.246. The zero-order valence-corrected chi connectivity index (χ0v) is 22.6. The molecule has 2 N–H and O–H groups in total. The van der Waals surface area contributed by atoms with Gasteiger partial charge in [0, 0.05) is 31.2 Å². The monoisotopic (exact) mass is 591 g/mol. The summed E-state index contributed by atoms with van der Waals surface area (Å²) in [4.78, 5) is 42.0. The van der Waals surface area contributed by atoms with Gasteiger partial charge in [-0.2, -0.15) is 0 Å². The first-order valence-corrected chi connectivity index (χ1v) is 12.9. The summed E-state index contributed by atoms with van der Waals surface area (Å²) in [5.41, 5.74) is 0.916. The maximum Gasteiger partial charge on any atom is 0.573 e. The van der Waals surface area contributed by atoms with Crippen LogP contribution >= 0.6 is 0 Å². The Hall–Kier alpha value is -5.46. The number of alkyl halides is 3. The van der Waals surface area contributed by atoms with Crippen molar-refractivity contribution in [2.45, 2.75) is 32.3 Å². The van der Waals surface area contributed by atoms with Gasteiger partial charge in [0.05, 0.1) is 23.5 Å². The summed E-state index contributed by atoms with van der Waals surface area (Å²) >= 11 is 0. The molecule has 0 bridgehead atoms. The second-order valence-electron chi connectivity index (χ2n) is 9.59. The van der Waals surface area contributed by atoms with Crippen molar-refractivity contribution in [3.63, 3.8) is 0 Å². The Morgan fingerprint density at radius 2 is 1.74 bits per heavy atom. The standard InChI is InChI=1S/C30H24F3N5O5/c1-18(28-36-27-23(5-3-13-35-27)29(42)38(28)21-8-11-24(39)25(40)15-21)37(17-20-4-2-12-34-16-20)26(41)14-19-6-9-22(10-7-19)43-30(31,32)33/h2-13,15-16,18,39-40H,14,17H2,1H3/t18-/m1/s1. The van der Waals surface area contributed by atoms with Crippen LogP contribution in [0.1, 0.15) is 29.9 Å². The molecule has 0 aliphatic carbocycles. The van der Waals surface area contributed by atoms with E-state index in [0.29, 0.717) is 11.1 Å². The number of nitrogens with zero attached hydrogens (tertiary/aromatic N) is 5. The van der Waals surface area contributed by atoms with Gasteiger partial charge in [-0.15, -0.1) is 13.2 Å². The van der Waals surface area contributed by atoms with Crippen LogP contribution in [0.3, 0.4) is 0 Å². The largest absolute Gasteiger partial charge is 0.573 e. The number of aromatic hydroxyl groups is 2. The molecule has 1 atom stereocenters. The molecule has 5 rings (SSSR count). The number of fused-ring (bicyclic) bond motifs is 1. The lowest BCUT2D eigenvalue weighted by molar-refractivity contribution is -0.274. The first-order chi connectivity index (χ1) is 20.5. The summed E-state index contributed by atoms with van der Waals surface area (Å²) in [6.45, 7) is 1.72. The number of rotatable bonds is 8. The fraction of sp³-hybridized carbons (Fsp3) is 0.167. The molecule has 0 saturated carbocycles. The molecule has 3 aromatic heterocycles. The number of phenolic OH excluding ortho intramolecular Hbond substituents is 2. The van der Waals surface area contributed by atoms with Gasteiger partial charge >= 0.3 is 6.36 Å². The van der Waals surface area contributed by atoms with Gasteiger partial charge in [-0.3, -0.25) is 19.1 Å². The van der Waals surface area contributed by atoms with Crippen LogP contribution in [0.4, 0.5) is 13.2 Å². The van der Waals surface area contributed by atoms with Crippen molar-refractivity contribution >= 4 is 16.9 Å². The molecule has 0 radical (unpaired) electrons. The highest BCUT2D eigenvalue weighted by atomic mass is 19.4. The number of benzene rings is 2. The van der Waals surface area contributed by atoms with Crippen molar-refractivity contribution in [1.82, 2.24) is 24.4 Å². The van der Waals surface area contributed by atoms with Gasteiger partial charge in [-0.1, -0.05) is 18.2 Å². The SMILES string of the molecule is C[C@H](c1nc2ncccc2c(=O)n1-c1ccc(O)c(O)c1)N(Cc1cccnc1)C(=O)Cc1ccc(OC(F)(F)F)cc1. The van der Waals surface area contributed by atoms with Crippen molar-refractivity contribution in [2.24, 2.45) is 0 Å². The molecule has 0 unspecified atom stereocenters. The maximum atomic E-state index is 13.8. The summed E-state index contributed by atoms with van der Waals surface area (Å²) in [5.74, 6) is -1.57. The van der Waals surface area contributed by atoms with Crippen molar-refractivity contribution in [3.8, 4) is 22.9 Å². The molecular weight excluding hydrogens is 567 g/mol. The minimum absolute atomic E-state index is 0.0556. The summed E-state index contributed by atoms with van der Waals surface area (Å²) in [6, 6.07) is 14.6. The third-order valence-corrected chi connectivity index (χ3v) is 6.64. The molecule has 43 heavy (non-hydrogen) atoms. The van der Waals surface area contributed by atoms with Gasteiger partial charge in [0.2, 0.25) is 5.91 Å². The van der Waals surface area contributed by atoms with E-state index < -0.39 is 35.4 Å². The molecule has 0 aliphatic rings. The first kappa shape index (κ1) is 29.0. The van der Waals surface area contributed by atoms with Crippen LogP contribution < -0.4 is 10.3 Å². The molecule has 220 valence electrons. The highest BCUT2D eigenvalue weighted by Crippen LogP contribution is 2.30. The summed E-state index contributed by atoms with van der Waals surface area (Å²) in [6.07, 6.45) is -0.400. The molecule has 0 saturated heterocycles. The minimum atomic E-state index is -4.85. The Morgan fingerprint density at radius 1 is 1.00 bits per heavy atom. The smallest absolute Gasteiger partial charge is 0.504 e. The van der Waals surface area contributed by atoms with Gasteiger partial charge in [0.15, 0.2) is 17.1 Å². The van der Waals surface area contributed by atoms with Crippen LogP contribution in [0.25, 0.3) is 16.7 Å². The van der Waals surface area contributed by atoms with E-state index in [4.69, 9.17) is 0 Å². The van der Waals surface area contributed by atoms with Gasteiger partial charge in [0.25, 0.3) is 5.56 Å². The Kier molecular flexibility index (Phi) is 7.97. The lowest BCUT2D eigenvalue weighted by Gasteiger charge is -2.31. The van der Waals surface area contributed by atoms with Crippen LogP contribution in [0, 0.1) is 0 Å². The number of carbonyl (C=O) groups is 1. The molecule has 0 spiro atoms. The minimum Gasteiger partial charge on any atom is -0.504 e. The molecule has 0 aliphatic heterocycles. The fourth-order valence-corrected chi connectivity index (χ4v) is 4.57. The van der Waals surface area contributed by atoms with Crippen LogP contribution in [0.2, 0.25) is 0 Å².